The van der Waals surface area contributed by atoms with E-state index < -0.39 is 5.79 Å². The van der Waals surface area contributed by atoms with Crippen LogP contribution < -0.4 is 0 Å². The van der Waals surface area contributed by atoms with Crippen LogP contribution in [0.2, 0.25) is 0 Å². The Bertz CT molecular complexity index is 461. The summed E-state index contributed by atoms with van der Waals surface area (Å²) in [4.78, 5) is 12.2. The van der Waals surface area contributed by atoms with Crippen LogP contribution in [-0.2, 0) is 19.0 Å². The lowest BCUT2D eigenvalue weighted by Crippen LogP contribution is -2.47. The third-order valence-corrected chi connectivity index (χ3v) is 3.76. The summed E-state index contributed by atoms with van der Waals surface area (Å²) >= 11 is 0. The fourth-order valence-electron chi connectivity index (χ4n) is 2.67. The van der Waals surface area contributed by atoms with E-state index in [1.54, 1.807) is 0 Å². The van der Waals surface area contributed by atoms with E-state index in [1.807, 2.05) is 26.0 Å². The van der Waals surface area contributed by atoms with E-state index in [0.29, 0.717) is 6.61 Å². The lowest BCUT2D eigenvalue weighted by atomic mass is 9.87. The van der Waals surface area contributed by atoms with Crippen LogP contribution in [0, 0.1) is 0 Å². The van der Waals surface area contributed by atoms with E-state index >= 15 is 0 Å². The van der Waals surface area contributed by atoms with Crippen molar-refractivity contribution in [3.05, 3.63) is 23.3 Å². The smallest absolute Gasteiger partial charge is 0.194 e. The van der Waals surface area contributed by atoms with E-state index in [4.69, 9.17) is 14.2 Å². The maximum Gasteiger partial charge on any atom is 0.194 e. The van der Waals surface area contributed by atoms with Crippen molar-refractivity contribution in [1.29, 1.82) is 0 Å². The average molecular weight is 264 g/mol. The van der Waals surface area contributed by atoms with Crippen molar-refractivity contribution in [2.75, 3.05) is 6.61 Å². The van der Waals surface area contributed by atoms with Crippen LogP contribution in [0.1, 0.15) is 33.6 Å². The molecule has 19 heavy (non-hydrogen) atoms. The number of hydrogen-bond donors (Lipinski definition) is 0. The lowest BCUT2D eigenvalue weighted by molar-refractivity contribution is -0.255. The Balaban J connectivity index is 1.90. The topological polar surface area (TPSA) is 48.1 Å². The van der Waals surface area contributed by atoms with Gasteiger partial charge in [0.2, 0.25) is 0 Å². The number of rotatable bonds is 3. The maximum absolute atomic E-state index is 12.2. The van der Waals surface area contributed by atoms with Crippen molar-refractivity contribution < 1.29 is 19.0 Å². The summed E-state index contributed by atoms with van der Waals surface area (Å²) in [6.45, 7) is 6.35. The van der Waals surface area contributed by atoms with E-state index in [-0.39, 0.29) is 24.1 Å². The quantitative estimate of drug-likeness (QED) is 0.733. The van der Waals surface area contributed by atoms with Gasteiger partial charge in [0.25, 0.3) is 0 Å². The van der Waals surface area contributed by atoms with E-state index in [9.17, 15) is 4.79 Å². The van der Waals surface area contributed by atoms with E-state index in [2.05, 4.69) is 6.92 Å². The highest BCUT2D eigenvalue weighted by Gasteiger charge is 2.58. The Kier molecular flexibility index (Phi) is 3.12. The van der Waals surface area contributed by atoms with Crippen LogP contribution in [0.4, 0.5) is 0 Å². The van der Waals surface area contributed by atoms with Gasteiger partial charge in [-0.2, -0.15) is 0 Å². The monoisotopic (exact) mass is 264 g/mol. The van der Waals surface area contributed by atoms with E-state index in [0.717, 1.165) is 24.0 Å². The van der Waals surface area contributed by atoms with E-state index in [1.165, 1.54) is 0 Å². The molecule has 2 heterocycles. The number of allylic oxidation sites excluding steroid dienone is 2. The molecule has 3 atom stereocenters. The summed E-state index contributed by atoms with van der Waals surface area (Å²) in [7, 11) is 0. The minimum absolute atomic E-state index is 0.0792. The van der Waals surface area contributed by atoms with Crippen molar-refractivity contribution >= 4 is 5.78 Å². The second-order valence-corrected chi connectivity index (χ2v) is 5.74. The standard InChI is InChI=1S/C15H20O4/c1-4-5-6-7-9-10-8-17-15(2,3)19-12(10)14-13(18-14)11(9)16/h6-7,12-14H,4-5,8H2,1-3H3/b7-6+/t12-,13-,14+/m1/s1. The Labute approximate surface area is 113 Å². The molecule has 0 aromatic heterocycles. The van der Waals surface area contributed by atoms with Gasteiger partial charge in [0, 0.05) is 5.57 Å². The molecule has 0 unspecified atom stereocenters. The fraction of sp³-hybridized carbons (Fsp3) is 0.667. The highest BCUT2D eigenvalue weighted by atomic mass is 16.7. The Morgan fingerprint density at radius 2 is 2.16 bits per heavy atom. The normalized spacial score (nSPS) is 36.4. The zero-order valence-electron chi connectivity index (χ0n) is 11.6. The summed E-state index contributed by atoms with van der Waals surface area (Å²) in [6, 6.07) is 0. The largest absolute Gasteiger partial charge is 0.358 e. The van der Waals surface area contributed by atoms with Crippen molar-refractivity contribution in [2.45, 2.75) is 57.7 Å². The van der Waals surface area contributed by atoms with Gasteiger partial charge >= 0.3 is 0 Å². The minimum atomic E-state index is -0.608. The van der Waals surface area contributed by atoms with Gasteiger partial charge in [0.1, 0.15) is 18.3 Å². The SMILES string of the molecule is CCC/C=C/C1=C2COC(C)(C)O[C@H]2[C@@H]2O[C@@H]2C1=O. The first-order chi connectivity index (χ1) is 9.03. The number of unbranched alkanes of at least 4 members (excludes halogenated alkanes) is 1. The predicted octanol–water partition coefficient (Wildman–Crippen LogP) is 2.14. The maximum atomic E-state index is 12.2. The molecule has 4 nitrogen and oxygen atoms in total. The van der Waals surface area contributed by atoms with Gasteiger partial charge < -0.3 is 14.2 Å². The third kappa shape index (κ3) is 2.29. The Hall–Kier alpha value is -0.970. The summed E-state index contributed by atoms with van der Waals surface area (Å²) in [5.74, 6) is -0.529. The van der Waals surface area contributed by atoms with Crippen LogP contribution in [0.15, 0.2) is 23.3 Å². The van der Waals surface area contributed by atoms with Gasteiger partial charge in [0.05, 0.1) is 6.61 Å². The highest BCUT2D eigenvalue weighted by Crippen LogP contribution is 2.43. The average Bonchev–Trinajstić information content (AvgIpc) is 3.13. The number of ketones is 1. The molecule has 1 aliphatic carbocycles. The first-order valence-electron chi connectivity index (χ1n) is 6.94. The molecule has 104 valence electrons. The molecular weight excluding hydrogens is 244 g/mol. The molecule has 2 fully saturated rings. The van der Waals surface area contributed by atoms with Crippen LogP contribution in [0.3, 0.4) is 0 Å². The highest BCUT2D eigenvalue weighted by molar-refractivity contribution is 6.05. The zero-order valence-corrected chi connectivity index (χ0v) is 11.6. The van der Waals surface area contributed by atoms with Crippen LogP contribution in [-0.4, -0.2) is 36.5 Å². The fourth-order valence-corrected chi connectivity index (χ4v) is 2.67. The second kappa shape index (κ2) is 4.54. The Morgan fingerprint density at radius 3 is 2.89 bits per heavy atom. The van der Waals surface area contributed by atoms with Gasteiger partial charge in [-0.05, 0) is 25.8 Å². The molecule has 0 aromatic carbocycles. The summed E-state index contributed by atoms with van der Waals surface area (Å²) in [6.07, 6.45) is 5.46. The first kappa shape index (κ1) is 13.0. The van der Waals surface area contributed by atoms with Crippen LogP contribution in [0.25, 0.3) is 0 Å². The molecule has 2 saturated heterocycles. The van der Waals surface area contributed by atoms with Gasteiger partial charge in [-0.15, -0.1) is 0 Å². The van der Waals surface area contributed by atoms with Crippen molar-refractivity contribution in [3.8, 4) is 0 Å². The number of ether oxygens (including phenoxy) is 3. The molecule has 0 spiro atoms. The number of hydrogen-bond acceptors (Lipinski definition) is 4. The predicted molar refractivity (Wildman–Crippen MR) is 69.6 cm³/mol. The number of carbonyl (C=O) groups excluding carboxylic acids is 1. The molecule has 3 rings (SSSR count). The molecule has 3 aliphatic rings. The van der Waals surface area contributed by atoms with Crippen molar-refractivity contribution in [1.82, 2.24) is 0 Å². The summed E-state index contributed by atoms with van der Waals surface area (Å²) in [5, 5.41) is 0. The first-order valence-corrected chi connectivity index (χ1v) is 6.94. The van der Waals surface area contributed by atoms with Crippen LogP contribution in [0.5, 0.6) is 0 Å². The molecule has 0 amide bonds. The molecule has 0 saturated carbocycles. The van der Waals surface area contributed by atoms with Crippen molar-refractivity contribution in [3.63, 3.8) is 0 Å². The van der Waals surface area contributed by atoms with Crippen molar-refractivity contribution in [2.24, 2.45) is 0 Å². The van der Waals surface area contributed by atoms with Gasteiger partial charge in [-0.25, -0.2) is 0 Å². The molecular formula is C15H20O4. The summed E-state index contributed by atoms with van der Waals surface area (Å²) in [5.41, 5.74) is 1.67. The molecule has 0 aromatic rings. The molecule has 0 bridgehead atoms. The second-order valence-electron chi connectivity index (χ2n) is 5.74. The zero-order chi connectivity index (χ0) is 13.6. The molecule has 0 radical (unpaired) electrons. The lowest BCUT2D eigenvalue weighted by Gasteiger charge is -2.39. The van der Waals surface area contributed by atoms with Crippen LogP contribution >= 0.6 is 0 Å². The molecule has 4 heteroatoms. The number of carbonyl (C=O) groups is 1. The third-order valence-electron chi connectivity index (χ3n) is 3.76. The van der Waals surface area contributed by atoms with Gasteiger partial charge in [0.15, 0.2) is 11.6 Å². The molecule has 2 aliphatic heterocycles. The number of epoxide rings is 1. The molecule has 0 N–H and O–H groups in total. The van der Waals surface area contributed by atoms with Gasteiger partial charge in [-0.3, -0.25) is 4.79 Å². The van der Waals surface area contributed by atoms with Gasteiger partial charge in [-0.1, -0.05) is 25.5 Å². The number of fused-ring (bicyclic) bond motifs is 3. The summed E-state index contributed by atoms with van der Waals surface area (Å²) < 4.78 is 17.1. The Morgan fingerprint density at radius 1 is 1.37 bits per heavy atom. The minimum Gasteiger partial charge on any atom is -0.358 e. The number of Topliss-reactive ketones (excluding diaryl/α,β-unsaturated/α-hetero) is 1.